The minimum absolute atomic E-state index is 0.0371. The Labute approximate surface area is 106 Å². The molecule has 0 fully saturated rings. The Bertz CT molecular complexity index is 607. The number of benzene rings is 2. The molecule has 2 aromatic carbocycles. The summed E-state index contributed by atoms with van der Waals surface area (Å²) in [5, 5.41) is 0. The third-order valence-electron chi connectivity index (χ3n) is 3.20. The van der Waals surface area contributed by atoms with Crippen molar-refractivity contribution in [1.82, 2.24) is 0 Å². The van der Waals surface area contributed by atoms with E-state index in [0.717, 1.165) is 22.6 Å². The molecule has 2 aromatic rings. The zero-order valence-electron chi connectivity index (χ0n) is 10.1. The number of anilines is 1. The van der Waals surface area contributed by atoms with E-state index < -0.39 is 0 Å². The summed E-state index contributed by atoms with van der Waals surface area (Å²) in [4.78, 5) is 14.1. The van der Waals surface area contributed by atoms with Crippen molar-refractivity contribution in [2.24, 2.45) is 0 Å². The fourth-order valence-corrected chi connectivity index (χ4v) is 2.30. The SMILES string of the molecule is COc1ccccc1N1Cc2ccccc2C1=O. The van der Waals surface area contributed by atoms with E-state index in [9.17, 15) is 4.79 Å². The van der Waals surface area contributed by atoms with Gasteiger partial charge in [-0.15, -0.1) is 0 Å². The third kappa shape index (κ3) is 1.56. The van der Waals surface area contributed by atoms with Crippen LogP contribution in [0.3, 0.4) is 0 Å². The normalized spacial score (nSPS) is 13.6. The first-order valence-electron chi connectivity index (χ1n) is 5.84. The fraction of sp³-hybridized carbons (Fsp3) is 0.133. The van der Waals surface area contributed by atoms with Crippen molar-refractivity contribution >= 4 is 11.6 Å². The molecule has 1 aliphatic heterocycles. The van der Waals surface area contributed by atoms with Gasteiger partial charge in [0.15, 0.2) is 0 Å². The van der Waals surface area contributed by atoms with Gasteiger partial charge in [-0.05, 0) is 23.8 Å². The largest absolute Gasteiger partial charge is 0.495 e. The number of nitrogens with zero attached hydrogens (tertiary/aromatic N) is 1. The second-order valence-corrected chi connectivity index (χ2v) is 4.22. The summed E-state index contributed by atoms with van der Waals surface area (Å²) in [6, 6.07) is 15.3. The van der Waals surface area contributed by atoms with Gasteiger partial charge in [-0.1, -0.05) is 30.3 Å². The standard InChI is InChI=1S/C15H13NO2/c1-18-14-9-5-4-8-13(14)16-10-11-6-2-3-7-12(11)15(16)17/h2-9H,10H2,1H3. The van der Waals surface area contributed by atoms with Gasteiger partial charge in [0.05, 0.1) is 19.3 Å². The summed E-state index contributed by atoms with van der Waals surface area (Å²) in [7, 11) is 1.62. The van der Waals surface area contributed by atoms with E-state index >= 15 is 0 Å². The molecule has 0 saturated heterocycles. The summed E-state index contributed by atoms with van der Waals surface area (Å²) in [6.45, 7) is 0.607. The molecular formula is C15H13NO2. The second kappa shape index (κ2) is 4.18. The van der Waals surface area contributed by atoms with Crippen molar-refractivity contribution in [3.63, 3.8) is 0 Å². The summed E-state index contributed by atoms with van der Waals surface area (Å²) < 4.78 is 5.31. The fourth-order valence-electron chi connectivity index (χ4n) is 2.30. The summed E-state index contributed by atoms with van der Waals surface area (Å²) in [6.07, 6.45) is 0. The van der Waals surface area contributed by atoms with Crippen molar-refractivity contribution < 1.29 is 9.53 Å². The molecule has 3 heteroatoms. The number of hydrogen-bond acceptors (Lipinski definition) is 2. The molecule has 3 nitrogen and oxygen atoms in total. The van der Waals surface area contributed by atoms with E-state index in [1.807, 2.05) is 48.5 Å². The molecule has 0 atom stereocenters. The van der Waals surface area contributed by atoms with Crippen LogP contribution < -0.4 is 9.64 Å². The monoisotopic (exact) mass is 239 g/mol. The van der Waals surface area contributed by atoms with Crippen LogP contribution in [0.5, 0.6) is 5.75 Å². The lowest BCUT2D eigenvalue weighted by Crippen LogP contribution is -2.23. The molecule has 0 radical (unpaired) electrons. The topological polar surface area (TPSA) is 29.5 Å². The maximum atomic E-state index is 12.3. The molecule has 1 amide bonds. The van der Waals surface area contributed by atoms with Crippen LogP contribution in [0.15, 0.2) is 48.5 Å². The van der Waals surface area contributed by atoms with Crippen molar-refractivity contribution in [3.8, 4) is 5.75 Å². The first kappa shape index (κ1) is 10.8. The van der Waals surface area contributed by atoms with Crippen molar-refractivity contribution in [3.05, 3.63) is 59.7 Å². The third-order valence-corrected chi connectivity index (χ3v) is 3.20. The first-order valence-corrected chi connectivity index (χ1v) is 5.84. The summed E-state index contributed by atoms with van der Waals surface area (Å²) in [5.74, 6) is 0.758. The number of para-hydroxylation sites is 2. The maximum absolute atomic E-state index is 12.3. The van der Waals surface area contributed by atoms with E-state index in [0.29, 0.717) is 6.54 Å². The molecule has 1 aliphatic rings. The number of amides is 1. The van der Waals surface area contributed by atoms with Gasteiger partial charge in [0.1, 0.15) is 5.75 Å². The van der Waals surface area contributed by atoms with E-state index in [1.54, 1.807) is 12.0 Å². The van der Waals surface area contributed by atoms with Crippen LogP contribution in [-0.4, -0.2) is 13.0 Å². The number of fused-ring (bicyclic) bond motifs is 1. The lowest BCUT2D eigenvalue weighted by molar-refractivity contribution is 0.0996. The molecule has 0 aliphatic carbocycles. The maximum Gasteiger partial charge on any atom is 0.259 e. The Balaban J connectivity index is 2.04. The Kier molecular flexibility index (Phi) is 2.52. The molecule has 0 aromatic heterocycles. The van der Waals surface area contributed by atoms with Crippen molar-refractivity contribution in [1.29, 1.82) is 0 Å². The molecule has 18 heavy (non-hydrogen) atoms. The van der Waals surface area contributed by atoms with Gasteiger partial charge in [0, 0.05) is 5.56 Å². The van der Waals surface area contributed by atoms with Crippen LogP contribution in [0.2, 0.25) is 0 Å². The number of carbonyl (C=O) groups excluding carboxylic acids is 1. The molecular weight excluding hydrogens is 226 g/mol. The van der Waals surface area contributed by atoms with E-state index in [4.69, 9.17) is 4.74 Å². The van der Waals surface area contributed by atoms with E-state index in [-0.39, 0.29) is 5.91 Å². The van der Waals surface area contributed by atoms with Gasteiger partial charge in [-0.3, -0.25) is 4.79 Å². The number of hydrogen-bond donors (Lipinski definition) is 0. The molecule has 0 spiro atoms. The number of rotatable bonds is 2. The molecule has 0 saturated carbocycles. The van der Waals surface area contributed by atoms with Crippen LogP contribution in [-0.2, 0) is 6.54 Å². The van der Waals surface area contributed by atoms with Gasteiger partial charge in [-0.2, -0.15) is 0 Å². The molecule has 90 valence electrons. The molecule has 1 heterocycles. The summed E-state index contributed by atoms with van der Waals surface area (Å²) >= 11 is 0. The minimum atomic E-state index is 0.0371. The van der Waals surface area contributed by atoms with E-state index in [2.05, 4.69) is 0 Å². The molecule has 0 bridgehead atoms. The summed E-state index contributed by atoms with van der Waals surface area (Å²) in [5.41, 5.74) is 2.66. The zero-order valence-corrected chi connectivity index (χ0v) is 10.1. The van der Waals surface area contributed by atoms with Crippen LogP contribution in [0, 0.1) is 0 Å². The second-order valence-electron chi connectivity index (χ2n) is 4.22. The van der Waals surface area contributed by atoms with Crippen LogP contribution in [0.25, 0.3) is 0 Å². The van der Waals surface area contributed by atoms with Gasteiger partial charge < -0.3 is 9.64 Å². The highest BCUT2D eigenvalue weighted by molar-refractivity contribution is 6.10. The predicted molar refractivity (Wildman–Crippen MR) is 69.9 cm³/mol. The van der Waals surface area contributed by atoms with Gasteiger partial charge in [0.2, 0.25) is 0 Å². The van der Waals surface area contributed by atoms with Gasteiger partial charge in [0.25, 0.3) is 5.91 Å². The highest BCUT2D eigenvalue weighted by Gasteiger charge is 2.29. The molecule has 0 unspecified atom stereocenters. The smallest absolute Gasteiger partial charge is 0.259 e. The highest BCUT2D eigenvalue weighted by atomic mass is 16.5. The Hall–Kier alpha value is -2.29. The lowest BCUT2D eigenvalue weighted by Gasteiger charge is -2.18. The number of methoxy groups -OCH3 is 1. The zero-order chi connectivity index (χ0) is 12.5. The average molecular weight is 239 g/mol. The quantitative estimate of drug-likeness (QED) is 0.806. The Morgan fingerprint density at radius 3 is 2.56 bits per heavy atom. The van der Waals surface area contributed by atoms with Crippen LogP contribution >= 0.6 is 0 Å². The minimum Gasteiger partial charge on any atom is -0.495 e. The lowest BCUT2D eigenvalue weighted by atomic mass is 10.1. The average Bonchev–Trinajstić information content (AvgIpc) is 2.76. The number of ether oxygens (including phenoxy) is 1. The molecule has 0 N–H and O–H groups in total. The van der Waals surface area contributed by atoms with Crippen molar-refractivity contribution in [2.45, 2.75) is 6.54 Å². The highest BCUT2D eigenvalue weighted by Crippen LogP contribution is 2.34. The van der Waals surface area contributed by atoms with Crippen LogP contribution in [0.4, 0.5) is 5.69 Å². The van der Waals surface area contributed by atoms with E-state index in [1.165, 1.54) is 0 Å². The first-order chi connectivity index (χ1) is 8.81. The van der Waals surface area contributed by atoms with Gasteiger partial charge >= 0.3 is 0 Å². The van der Waals surface area contributed by atoms with Crippen molar-refractivity contribution in [2.75, 3.05) is 12.0 Å². The Morgan fingerprint density at radius 2 is 1.78 bits per heavy atom. The molecule has 3 rings (SSSR count). The Morgan fingerprint density at radius 1 is 1.06 bits per heavy atom. The van der Waals surface area contributed by atoms with Crippen LogP contribution in [0.1, 0.15) is 15.9 Å². The van der Waals surface area contributed by atoms with Gasteiger partial charge in [-0.25, -0.2) is 0 Å². The predicted octanol–water partition coefficient (Wildman–Crippen LogP) is 2.86. The number of carbonyl (C=O) groups is 1.